The van der Waals surface area contributed by atoms with Gasteiger partial charge in [0.2, 0.25) is 0 Å². The van der Waals surface area contributed by atoms with E-state index in [9.17, 15) is 4.79 Å². The number of carbonyl (C=O) groups excluding carboxylic acids is 1. The van der Waals surface area contributed by atoms with E-state index in [1.54, 1.807) is 36.6 Å². The second-order valence-electron chi connectivity index (χ2n) is 4.36. The predicted octanol–water partition coefficient (Wildman–Crippen LogP) is 3.70. The van der Waals surface area contributed by atoms with E-state index in [0.717, 1.165) is 21.5 Å². The zero-order valence-electron chi connectivity index (χ0n) is 11.4. The average molecular weight is 299 g/mol. The minimum atomic E-state index is 0.306. The van der Waals surface area contributed by atoms with Gasteiger partial charge in [-0.05, 0) is 24.3 Å². The van der Waals surface area contributed by atoms with Crippen LogP contribution in [0.15, 0.2) is 42.5 Å². The molecule has 2 aromatic carbocycles. The summed E-state index contributed by atoms with van der Waals surface area (Å²) in [5, 5.41) is 0.860. The van der Waals surface area contributed by atoms with Gasteiger partial charge >= 0.3 is 0 Å². The number of nitrogens with zero attached hydrogens (tertiary/aromatic N) is 1. The van der Waals surface area contributed by atoms with Crippen LogP contribution in [0.25, 0.3) is 10.2 Å². The maximum atomic E-state index is 11.1. The Labute approximate surface area is 126 Å². The van der Waals surface area contributed by atoms with Crippen LogP contribution < -0.4 is 9.47 Å². The number of aromatic nitrogens is 1. The molecule has 0 saturated carbocycles. The van der Waals surface area contributed by atoms with E-state index in [1.807, 2.05) is 24.3 Å². The number of aldehydes is 1. The average Bonchev–Trinajstić information content (AvgIpc) is 2.95. The van der Waals surface area contributed by atoms with E-state index in [2.05, 4.69) is 4.98 Å². The normalized spacial score (nSPS) is 10.5. The summed E-state index contributed by atoms with van der Waals surface area (Å²) in [7, 11) is 1.55. The van der Waals surface area contributed by atoms with Crippen LogP contribution in [0.1, 0.15) is 15.4 Å². The molecular weight excluding hydrogens is 286 g/mol. The van der Waals surface area contributed by atoms with Crippen LogP contribution in [-0.2, 0) is 6.61 Å². The molecule has 0 aliphatic heterocycles. The number of para-hydroxylation sites is 2. The monoisotopic (exact) mass is 299 g/mol. The molecule has 0 saturated heterocycles. The predicted molar refractivity (Wildman–Crippen MR) is 82.3 cm³/mol. The Bertz CT molecular complexity index is 749. The fourth-order valence-electron chi connectivity index (χ4n) is 2.06. The van der Waals surface area contributed by atoms with E-state index >= 15 is 0 Å². The Balaban J connectivity index is 1.85. The van der Waals surface area contributed by atoms with Crippen molar-refractivity contribution in [3.63, 3.8) is 0 Å². The van der Waals surface area contributed by atoms with Crippen molar-refractivity contribution in [2.75, 3.05) is 7.11 Å². The number of ether oxygens (including phenoxy) is 2. The molecule has 3 aromatic rings. The summed E-state index contributed by atoms with van der Waals surface area (Å²) in [4.78, 5) is 15.6. The SMILES string of the molecule is COc1cccc(C=O)c1OCc1nc2ccccc2s1. The molecule has 0 spiro atoms. The molecule has 1 heterocycles. The second kappa shape index (κ2) is 5.93. The summed E-state index contributed by atoms with van der Waals surface area (Å²) in [5.41, 5.74) is 1.42. The summed E-state index contributed by atoms with van der Waals surface area (Å²) in [6, 6.07) is 13.1. The summed E-state index contributed by atoms with van der Waals surface area (Å²) in [6.45, 7) is 0.306. The van der Waals surface area contributed by atoms with E-state index in [-0.39, 0.29) is 0 Å². The standard InChI is InChI=1S/C16H13NO3S/c1-19-13-7-4-5-11(9-18)16(13)20-10-15-17-12-6-2-3-8-14(12)21-15/h2-9H,10H2,1H3. The highest BCUT2D eigenvalue weighted by Crippen LogP contribution is 2.31. The highest BCUT2D eigenvalue weighted by molar-refractivity contribution is 7.18. The molecule has 0 unspecified atom stereocenters. The van der Waals surface area contributed by atoms with Gasteiger partial charge in [0.1, 0.15) is 11.6 Å². The topological polar surface area (TPSA) is 48.4 Å². The highest BCUT2D eigenvalue weighted by Gasteiger charge is 2.11. The first-order valence-electron chi connectivity index (χ1n) is 6.41. The third kappa shape index (κ3) is 2.73. The van der Waals surface area contributed by atoms with E-state index in [4.69, 9.17) is 9.47 Å². The van der Waals surface area contributed by atoms with Crippen molar-refractivity contribution >= 4 is 27.8 Å². The number of rotatable bonds is 5. The van der Waals surface area contributed by atoms with Crippen LogP contribution in [0.3, 0.4) is 0 Å². The van der Waals surface area contributed by atoms with Crippen molar-refractivity contribution in [1.29, 1.82) is 0 Å². The van der Waals surface area contributed by atoms with E-state index in [0.29, 0.717) is 23.7 Å². The third-order valence-electron chi connectivity index (χ3n) is 3.03. The van der Waals surface area contributed by atoms with Crippen LogP contribution in [0.4, 0.5) is 0 Å². The molecule has 0 amide bonds. The summed E-state index contributed by atoms with van der Waals surface area (Å²) in [5.74, 6) is 0.995. The minimum absolute atomic E-state index is 0.306. The number of methoxy groups -OCH3 is 1. The summed E-state index contributed by atoms with van der Waals surface area (Å²) in [6.07, 6.45) is 0.760. The lowest BCUT2D eigenvalue weighted by molar-refractivity contribution is 0.111. The van der Waals surface area contributed by atoms with Crippen molar-refractivity contribution in [1.82, 2.24) is 4.98 Å². The van der Waals surface area contributed by atoms with Gasteiger partial charge in [0.15, 0.2) is 17.8 Å². The molecule has 0 aliphatic carbocycles. The fourth-order valence-corrected chi connectivity index (χ4v) is 2.94. The van der Waals surface area contributed by atoms with Crippen molar-refractivity contribution in [2.24, 2.45) is 0 Å². The van der Waals surface area contributed by atoms with Gasteiger partial charge in [-0.3, -0.25) is 4.79 Å². The smallest absolute Gasteiger partial charge is 0.172 e. The van der Waals surface area contributed by atoms with Crippen molar-refractivity contribution in [3.05, 3.63) is 53.0 Å². The lowest BCUT2D eigenvalue weighted by Gasteiger charge is -2.11. The van der Waals surface area contributed by atoms with Crippen LogP contribution in [0, 0.1) is 0 Å². The Morgan fingerprint density at radius 3 is 2.81 bits per heavy atom. The molecule has 106 valence electrons. The summed E-state index contributed by atoms with van der Waals surface area (Å²) < 4.78 is 12.1. The number of thiazole rings is 1. The molecule has 1 aromatic heterocycles. The molecular formula is C16H13NO3S. The third-order valence-corrected chi connectivity index (χ3v) is 4.04. The molecule has 0 aliphatic rings. The Hall–Kier alpha value is -2.40. The quantitative estimate of drug-likeness (QED) is 0.674. The van der Waals surface area contributed by atoms with Crippen molar-refractivity contribution in [3.8, 4) is 11.5 Å². The molecule has 0 N–H and O–H groups in total. The molecule has 4 nitrogen and oxygen atoms in total. The number of hydrogen-bond donors (Lipinski definition) is 0. The summed E-state index contributed by atoms with van der Waals surface area (Å²) >= 11 is 1.58. The number of benzene rings is 2. The van der Waals surface area contributed by atoms with Crippen molar-refractivity contribution < 1.29 is 14.3 Å². The van der Waals surface area contributed by atoms with E-state index in [1.165, 1.54) is 0 Å². The molecule has 3 rings (SSSR count). The zero-order valence-corrected chi connectivity index (χ0v) is 12.2. The first-order valence-corrected chi connectivity index (χ1v) is 7.23. The molecule has 21 heavy (non-hydrogen) atoms. The molecule has 0 fully saturated rings. The van der Waals surface area contributed by atoms with Gasteiger partial charge in [-0.15, -0.1) is 11.3 Å². The lowest BCUT2D eigenvalue weighted by atomic mass is 10.2. The van der Waals surface area contributed by atoms with Crippen LogP contribution in [0.5, 0.6) is 11.5 Å². The van der Waals surface area contributed by atoms with Gasteiger partial charge in [0.25, 0.3) is 0 Å². The lowest BCUT2D eigenvalue weighted by Crippen LogP contribution is -2.00. The van der Waals surface area contributed by atoms with Crippen LogP contribution in [0.2, 0.25) is 0 Å². The van der Waals surface area contributed by atoms with Crippen LogP contribution in [-0.4, -0.2) is 18.4 Å². The molecule has 0 bridgehead atoms. The minimum Gasteiger partial charge on any atom is -0.493 e. The van der Waals surface area contributed by atoms with Gasteiger partial charge < -0.3 is 9.47 Å². The van der Waals surface area contributed by atoms with Gasteiger partial charge in [-0.1, -0.05) is 18.2 Å². The number of hydrogen-bond acceptors (Lipinski definition) is 5. The fraction of sp³-hybridized carbons (Fsp3) is 0.125. The van der Waals surface area contributed by atoms with Crippen LogP contribution >= 0.6 is 11.3 Å². The first-order chi connectivity index (χ1) is 10.3. The van der Waals surface area contributed by atoms with Gasteiger partial charge in [-0.2, -0.15) is 0 Å². The Kier molecular flexibility index (Phi) is 3.83. The van der Waals surface area contributed by atoms with Gasteiger partial charge in [0, 0.05) is 0 Å². The molecule has 0 atom stereocenters. The first kappa shape index (κ1) is 13.6. The van der Waals surface area contributed by atoms with Gasteiger partial charge in [-0.25, -0.2) is 4.98 Å². The second-order valence-corrected chi connectivity index (χ2v) is 5.48. The van der Waals surface area contributed by atoms with E-state index < -0.39 is 0 Å². The zero-order chi connectivity index (χ0) is 14.7. The molecule has 0 radical (unpaired) electrons. The van der Waals surface area contributed by atoms with Crippen molar-refractivity contribution in [2.45, 2.75) is 6.61 Å². The highest BCUT2D eigenvalue weighted by atomic mass is 32.1. The maximum absolute atomic E-state index is 11.1. The number of carbonyl (C=O) groups is 1. The number of fused-ring (bicyclic) bond motifs is 1. The largest absolute Gasteiger partial charge is 0.493 e. The Morgan fingerprint density at radius 2 is 2.05 bits per heavy atom. The Morgan fingerprint density at radius 1 is 1.19 bits per heavy atom. The van der Waals surface area contributed by atoms with Gasteiger partial charge in [0.05, 0.1) is 22.9 Å². The maximum Gasteiger partial charge on any atom is 0.172 e. The molecule has 5 heteroatoms.